The summed E-state index contributed by atoms with van der Waals surface area (Å²) in [5.41, 5.74) is 9.91. The molecule has 11 aromatic rings. The number of nitriles is 2. The summed E-state index contributed by atoms with van der Waals surface area (Å²) < 4.78 is 9.98. The highest BCUT2D eigenvalue weighted by molar-refractivity contribution is 7.27. The van der Waals surface area contributed by atoms with Crippen LogP contribution in [0.1, 0.15) is 98.3 Å². The number of hydrogen-bond acceptors (Lipinski definition) is 4. The summed E-state index contributed by atoms with van der Waals surface area (Å²) in [4.78, 5) is 0. The molecule has 298 valence electrons. The Kier molecular flexibility index (Phi) is 8.21. The molecule has 0 saturated heterocycles. The number of nitrogens with zero attached hydrogens (tertiary/aromatic N) is 4. The Morgan fingerprint density at radius 3 is 1.26 bits per heavy atom. The van der Waals surface area contributed by atoms with Crippen LogP contribution < -0.4 is 0 Å². The van der Waals surface area contributed by atoms with Gasteiger partial charge in [0.05, 0.1) is 44.6 Å². The summed E-state index contributed by atoms with van der Waals surface area (Å²) in [5, 5.41) is 33.8. The predicted octanol–water partition coefficient (Wildman–Crippen LogP) is 16.5. The first kappa shape index (κ1) is 36.2. The molecule has 4 nitrogen and oxygen atoms in total. The predicted molar refractivity (Wildman–Crippen MR) is 262 cm³/mol. The van der Waals surface area contributed by atoms with Gasteiger partial charge < -0.3 is 9.13 Å². The van der Waals surface area contributed by atoms with Gasteiger partial charge in [-0.05, 0) is 85.0 Å². The number of fused-ring (bicyclic) bond motifs is 14. The van der Waals surface area contributed by atoms with Crippen LogP contribution in [0.3, 0.4) is 0 Å². The van der Waals surface area contributed by atoms with Crippen molar-refractivity contribution >= 4 is 107 Å². The molecule has 0 bridgehead atoms. The second-order valence-electron chi connectivity index (χ2n) is 17.7. The summed E-state index contributed by atoms with van der Waals surface area (Å²) >= 11 is 3.72. The van der Waals surface area contributed by atoms with E-state index in [0.717, 1.165) is 101 Å². The summed E-state index contributed by atoms with van der Waals surface area (Å²) in [6.45, 7) is 0. The average Bonchev–Trinajstić information content (AvgIpc) is 4.09. The van der Waals surface area contributed by atoms with E-state index in [9.17, 15) is 10.5 Å². The maximum absolute atomic E-state index is 12.0. The van der Waals surface area contributed by atoms with Gasteiger partial charge in [0.2, 0.25) is 0 Å². The van der Waals surface area contributed by atoms with Crippen molar-refractivity contribution in [2.75, 3.05) is 0 Å². The Morgan fingerprint density at radius 2 is 0.806 bits per heavy atom. The first-order valence-corrected chi connectivity index (χ1v) is 24.1. The topological polar surface area (TPSA) is 57.4 Å². The highest BCUT2D eigenvalue weighted by Crippen LogP contribution is 2.53. The molecular weight excluding hydrogens is 793 g/mol. The van der Waals surface area contributed by atoms with Crippen molar-refractivity contribution in [3.63, 3.8) is 0 Å². The average molecular weight is 835 g/mol. The highest BCUT2D eigenvalue weighted by Gasteiger charge is 2.36. The van der Waals surface area contributed by atoms with E-state index >= 15 is 0 Å². The van der Waals surface area contributed by atoms with Crippen molar-refractivity contribution in [1.29, 1.82) is 10.5 Å². The van der Waals surface area contributed by atoms with Crippen molar-refractivity contribution < 1.29 is 0 Å². The molecule has 13 rings (SSSR count). The van der Waals surface area contributed by atoms with Crippen LogP contribution in [-0.4, -0.2) is 9.13 Å². The molecule has 2 aliphatic carbocycles. The van der Waals surface area contributed by atoms with Gasteiger partial charge in [-0.25, -0.2) is 0 Å². The number of para-hydroxylation sites is 2. The molecule has 62 heavy (non-hydrogen) atoms. The van der Waals surface area contributed by atoms with Gasteiger partial charge in [0.15, 0.2) is 0 Å². The Morgan fingerprint density at radius 1 is 0.403 bits per heavy atom. The third-order valence-corrected chi connectivity index (χ3v) is 17.0. The van der Waals surface area contributed by atoms with Crippen molar-refractivity contribution in [2.45, 2.75) is 76.0 Å². The first-order valence-electron chi connectivity index (χ1n) is 22.4. The number of benzene rings is 7. The first-order chi connectivity index (χ1) is 30.7. The standard InChI is InChI=1S/C56H42N4S2/c57-31-41-49(33-15-3-1-4-16-33)54(60-44-24-12-8-22-40(44)52-46(60)30-28-38-36-20-10-14-26-48(36)62-56(38)52)50(34-17-5-2-6-18-34)42(32-58)53(41)59-43-23-11-7-21-39(43)51-45(59)29-27-37-35-19-9-13-25-47(35)61-55(37)51/h7-14,19-30,33-34H,1-6,15-18H2. The molecule has 4 aromatic heterocycles. The van der Waals surface area contributed by atoms with Crippen LogP contribution in [0, 0.1) is 22.7 Å². The van der Waals surface area contributed by atoms with Gasteiger partial charge in [0.25, 0.3) is 0 Å². The van der Waals surface area contributed by atoms with Gasteiger partial charge in [0.1, 0.15) is 12.1 Å². The van der Waals surface area contributed by atoms with Crippen LogP contribution in [0.4, 0.5) is 0 Å². The zero-order valence-electron chi connectivity index (χ0n) is 34.4. The lowest BCUT2D eigenvalue weighted by atomic mass is 9.74. The quantitative estimate of drug-likeness (QED) is 0.177. The summed E-state index contributed by atoms with van der Waals surface area (Å²) in [5.74, 6) is 0.378. The van der Waals surface area contributed by atoms with E-state index in [4.69, 9.17) is 0 Å². The highest BCUT2D eigenvalue weighted by atomic mass is 32.1. The molecule has 0 atom stereocenters. The zero-order valence-corrected chi connectivity index (χ0v) is 36.0. The Balaban J connectivity index is 1.23. The zero-order chi connectivity index (χ0) is 41.1. The van der Waals surface area contributed by atoms with E-state index in [2.05, 4.69) is 143 Å². The lowest BCUT2D eigenvalue weighted by Gasteiger charge is -2.34. The fourth-order valence-corrected chi connectivity index (χ4v) is 14.5. The van der Waals surface area contributed by atoms with Gasteiger partial charge in [-0.1, -0.05) is 123 Å². The van der Waals surface area contributed by atoms with Crippen molar-refractivity contribution in [1.82, 2.24) is 9.13 Å². The Hall–Kier alpha value is -6.44. The normalized spacial score (nSPS) is 15.6. The van der Waals surface area contributed by atoms with Crippen LogP contribution in [0.2, 0.25) is 0 Å². The van der Waals surface area contributed by atoms with E-state index < -0.39 is 0 Å². The van der Waals surface area contributed by atoms with Crippen LogP contribution in [0.5, 0.6) is 0 Å². The SMILES string of the molecule is N#Cc1c(C2CCCCC2)c(-n2c3ccccc3c3c4sc5ccccc5c4ccc32)c(C2CCCCC2)c(C#N)c1-n1c2ccccc2c2c3sc4ccccc4c3ccc21. The van der Waals surface area contributed by atoms with E-state index in [0.29, 0.717) is 11.1 Å². The van der Waals surface area contributed by atoms with Crippen LogP contribution in [0.25, 0.3) is 95.3 Å². The molecule has 0 spiro atoms. The number of hydrogen-bond donors (Lipinski definition) is 0. The van der Waals surface area contributed by atoms with E-state index in [1.54, 1.807) is 0 Å². The van der Waals surface area contributed by atoms with Gasteiger partial charge in [-0.3, -0.25) is 0 Å². The number of thiophene rings is 2. The van der Waals surface area contributed by atoms with E-state index in [-0.39, 0.29) is 11.8 Å². The molecule has 2 aliphatic rings. The van der Waals surface area contributed by atoms with Crippen LogP contribution in [0.15, 0.2) is 121 Å². The van der Waals surface area contributed by atoms with Crippen LogP contribution in [-0.2, 0) is 0 Å². The van der Waals surface area contributed by atoms with Crippen molar-refractivity contribution in [3.05, 3.63) is 144 Å². The molecule has 6 heteroatoms. The van der Waals surface area contributed by atoms with E-state index in [1.807, 2.05) is 22.7 Å². The largest absolute Gasteiger partial charge is 0.309 e. The fraction of sp³-hybridized carbons (Fsp3) is 0.214. The maximum Gasteiger partial charge on any atom is 0.102 e. The minimum Gasteiger partial charge on any atom is -0.309 e. The monoisotopic (exact) mass is 834 g/mol. The fourth-order valence-electron chi connectivity index (χ4n) is 12.0. The van der Waals surface area contributed by atoms with Gasteiger partial charge in [-0.2, -0.15) is 10.5 Å². The van der Waals surface area contributed by atoms with Crippen molar-refractivity contribution in [2.24, 2.45) is 0 Å². The Labute approximate surface area is 367 Å². The molecule has 4 heterocycles. The van der Waals surface area contributed by atoms with E-state index in [1.165, 1.54) is 69.3 Å². The van der Waals surface area contributed by atoms with Gasteiger partial charge >= 0.3 is 0 Å². The number of rotatable bonds is 4. The maximum atomic E-state index is 12.0. The lowest BCUT2D eigenvalue weighted by Crippen LogP contribution is -2.20. The van der Waals surface area contributed by atoms with Crippen molar-refractivity contribution in [3.8, 4) is 23.5 Å². The van der Waals surface area contributed by atoms with Crippen LogP contribution >= 0.6 is 22.7 Å². The summed E-state index contributed by atoms with van der Waals surface area (Å²) in [7, 11) is 0. The molecule has 2 saturated carbocycles. The van der Waals surface area contributed by atoms with Gasteiger partial charge in [0, 0.05) is 61.9 Å². The smallest absolute Gasteiger partial charge is 0.102 e. The molecule has 0 aliphatic heterocycles. The third-order valence-electron chi connectivity index (χ3n) is 14.6. The third kappa shape index (κ3) is 5.03. The number of aromatic nitrogens is 2. The second kappa shape index (κ2) is 14.0. The molecule has 0 radical (unpaired) electrons. The second-order valence-corrected chi connectivity index (χ2v) is 19.8. The minimum atomic E-state index is 0.189. The molecular formula is C56H42N4S2. The minimum absolute atomic E-state index is 0.189. The molecule has 2 fully saturated rings. The molecule has 0 unspecified atom stereocenters. The molecule has 7 aromatic carbocycles. The summed E-state index contributed by atoms with van der Waals surface area (Å²) in [6, 6.07) is 50.1. The Bertz CT molecular complexity index is 3700. The summed E-state index contributed by atoms with van der Waals surface area (Å²) in [6.07, 6.45) is 11.1. The van der Waals surface area contributed by atoms with Gasteiger partial charge in [-0.15, -0.1) is 22.7 Å². The lowest BCUT2D eigenvalue weighted by molar-refractivity contribution is 0.433. The molecule has 0 N–H and O–H groups in total. The molecule has 0 amide bonds.